The third kappa shape index (κ3) is 4.41. The molecule has 1 heterocycles. The molecule has 1 aromatic heterocycles. The summed E-state index contributed by atoms with van der Waals surface area (Å²) in [4.78, 5) is 13.4. The number of rotatable bonds is 8. The number of hydrogen-bond donors (Lipinski definition) is 1. The van der Waals surface area contributed by atoms with Gasteiger partial charge in [-0.1, -0.05) is 0 Å². The molecule has 0 aliphatic heterocycles. The summed E-state index contributed by atoms with van der Waals surface area (Å²) in [6, 6.07) is 11.2. The second-order valence-electron chi connectivity index (χ2n) is 6.36. The molecule has 158 valence electrons. The number of furan rings is 1. The van der Waals surface area contributed by atoms with Crippen molar-refractivity contribution in [1.82, 2.24) is 0 Å². The molecule has 1 N–H and O–H groups in total. The monoisotopic (exact) mass is 431 g/mol. The fraction of sp³-hybridized carbons (Fsp3) is 0.190. The van der Waals surface area contributed by atoms with Crippen molar-refractivity contribution in [3.05, 3.63) is 59.9 Å². The molecule has 3 aromatic rings. The number of carbonyl (C=O) groups is 1. The average molecular weight is 431 g/mol. The number of methoxy groups -OCH3 is 3. The summed E-state index contributed by atoms with van der Waals surface area (Å²) in [6.45, 7) is 0. The first kappa shape index (κ1) is 21.3. The maximum absolute atomic E-state index is 13.4. The smallest absolute Gasteiger partial charge is 0.229 e. The van der Waals surface area contributed by atoms with Crippen molar-refractivity contribution >= 4 is 21.5 Å². The maximum atomic E-state index is 13.4. The largest absolute Gasteiger partial charge is 0.493 e. The van der Waals surface area contributed by atoms with Gasteiger partial charge in [0.25, 0.3) is 0 Å². The number of benzene rings is 2. The average Bonchev–Trinajstić information content (AvgIpc) is 3.26. The molecule has 9 heteroatoms. The highest BCUT2D eigenvalue weighted by molar-refractivity contribution is 7.92. The van der Waals surface area contributed by atoms with Gasteiger partial charge in [0.1, 0.15) is 5.76 Å². The minimum atomic E-state index is -3.61. The first-order chi connectivity index (χ1) is 14.3. The van der Waals surface area contributed by atoms with Crippen molar-refractivity contribution in [2.75, 3.05) is 32.3 Å². The Balaban J connectivity index is 2.17. The molecule has 2 aromatic carbocycles. The Labute approximate surface area is 174 Å². The van der Waals surface area contributed by atoms with Crippen LogP contribution in [0.3, 0.4) is 0 Å². The topological polar surface area (TPSA) is 104 Å². The van der Waals surface area contributed by atoms with E-state index in [1.807, 2.05) is 0 Å². The van der Waals surface area contributed by atoms with Crippen LogP contribution in [0.4, 0.5) is 5.69 Å². The van der Waals surface area contributed by atoms with Gasteiger partial charge in [-0.3, -0.25) is 9.52 Å². The van der Waals surface area contributed by atoms with Crippen molar-refractivity contribution in [2.45, 2.75) is 0 Å². The van der Waals surface area contributed by atoms with Crippen LogP contribution in [-0.2, 0) is 10.0 Å². The van der Waals surface area contributed by atoms with Crippen molar-refractivity contribution in [3.8, 4) is 28.6 Å². The molecule has 0 saturated carbocycles. The molecule has 0 aliphatic carbocycles. The van der Waals surface area contributed by atoms with E-state index in [1.54, 1.807) is 24.3 Å². The van der Waals surface area contributed by atoms with E-state index in [9.17, 15) is 13.2 Å². The van der Waals surface area contributed by atoms with Crippen LogP contribution in [-0.4, -0.2) is 41.8 Å². The summed E-state index contributed by atoms with van der Waals surface area (Å²) in [6.07, 6.45) is 2.53. The molecule has 0 radical (unpaired) electrons. The lowest BCUT2D eigenvalue weighted by atomic mass is 9.98. The first-order valence-electron chi connectivity index (χ1n) is 8.77. The quantitative estimate of drug-likeness (QED) is 0.544. The molecule has 0 aliphatic rings. The van der Waals surface area contributed by atoms with Gasteiger partial charge in [0.05, 0.1) is 39.5 Å². The van der Waals surface area contributed by atoms with E-state index in [0.29, 0.717) is 28.6 Å². The van der Waals surface area contributed by atoms with Gasteiger partial charge in [-0.05, 0) is 42.5 Å². The third-order valence-electron chi connectivity index (χ3n) is 4.29. The summed E-state index contributed by atoms with van der Waals surface area (Å²) in [7, 11) is 0.736. The van der Waals surface area contributed by atoms with E-state index in [2.05, 4.69) is 4.72 Å². The lowest BCUT2D eigenvalue weighted by Crippen LogP contribution is -2.14. The van der Waals surface area contributed by atoms with Gasteiger partial charge >= 0.3 is 0 Å². The zero-order chi connectivity index (χ0) is 21.9. The van der Waals surface area contributed by atoms with E-state index in [1.165, 1.54) is 45.8 Å². The van der Waals surface area contributed by atoms with Gasteiger partial charge in [0, 0.05) is 16.7 Å². The normalized spacial score (nSPS) is 11.1. The summed E-state index contributed by atoms with van der Waals surface area (Å²) in [5.41, 5.74) is 1.14. The summed E-state index contributed by atoms with van der Waals surface area (Å²) in [5.74, 6) is 1.06. The molecular weight excluding hydrogens is 410 g/mol. The lowest BCUT2D eigenvalue weighted by Gasteiger charge is -2.15. The molecule has 0 atom stereocenters. The van der Waals surface area contributed by atoms with Crippen LogP contribution >= 0.6 is 0 Å². The minimum Gasteiger partial charge on any atom is -0.493 e. The van der Waals surface area contributed by atoms with Gasteiger partial charge in [0.2, 0.25) is 15.8 Å². The fourth-order valence-corrected chi connectivity index (χ4v) is 3.56. The van der Waals surface area contributed by atoms with Gasteiger partial charge in [-0.15, -0.1) is 0 Å². The van der Waals surface area contributed by atoms with Crippen molar-refractivity contribution in [3.63, 3.8) is 0 Å². The molecule has 3 rings (SSSR count). The van der Waals surface area contributed by atoms with Crippen LogP contribution in [0.1, 0.15) is 15.9 Å². The number of ketones is 1. The Morgan fingerprint density at radius 3 is 2.13 bits per heavy atom. The zero-order valence-corrected chi connectivity index (χ0v) is 17.7. The number of anilines is 1. The molecule has 0 unspecified atom stereocenters. The van der Waals surface area contributed by atoms with Crippen molar-refractivity contribution in [2.24, 2.45) is 0 Å². The van der Waals surface area contributed by atoms with Crippen LogP contribution in [0, 0.1) is 0 Å². The molecule has 0 bridgehead atoms. The highest BCUT2D eigenvalue weighted by Crippen LogP contribution is 2.39. The maximum Gasteiger partial charge on any atom is 0.229 e. The third-order valence-corrected chi connectivity index (χ3v) is 4.88. The van der Waals surface area contributed by atoms with E-state index >= 15 is 0 Å². The molecule has 30 heavy (non-hydrogen) atoms. The van der Waals surface area contributed by atoms with Crippen LogP contribution in [0.25, 0.3) is 11.3 Å². The lowest BCUT2D eigenvalue weighted by molar-refractivity contribution is 0.103. The highest BCUT2D eigenvalue weighted by atomic mass is 32.2. The van der Waals surface area contributed by atoms with E-state index in [4.69, 9.17) is 18.6 Å². The van der Waals surface area contributed by atoms with Crippen LogP contribution in [0.5, 0.6) is 17.2 Å². The number of hydrogen-bond acceptors (Lipinski definition) is 7. The first-order valence-corrected chi connectivity index (χ1v) is 10.7. The van der Waals surface area contributed by atoms with Crippen molar-refractivity contribution < 1.29 is 31.8 Å². The Morgan fingerprint density at radius 2 is 1.63 bits per heavy atom. The van der Waals surface area contributed by atoms with Gasteiger partial charge in [0.15, 0.2) is 17.3 Å². The molecule has 0 amide bonds. The summed E-state index contributed by atoms with van der Waals surface area (Å²) in [5, 5.41) is 0. The molecule has 0 fully saturated rings. The van der Waals surface area contributed by atoms with Gasteiger partial charge in [-0.25, -0.2) is 8.42 Å². The predicted octanol–water partition coefficient (Wildman–Crippen LogP) is 3.57. The zero-order valence-electron chi connectivity index (χ0n) is 16.9. The van der Waals surface area contributed by atoms with E-state index in [0.717, 1.165) is 6.26 Å². The van der Waals surface area contributed by atoms with E-state index < -0.39 is 15.8 Å². The molecule has 8 nitrogen and oxygen atoms in total. The van der Waals surface area contributed by atoms with Crippen LogP contribution < -0.4 is 18.9 Å². The molecule has 0 spiro atoms. The Kier molecular flexibility index (Phi) is 6.02. The van der Waals surface area contributed by atoms with E-state index in [-0.39, 0.29) is 16.8 Å². The molecular formula is C21H21NO7S. The highest BCUT2D eigenvalue weighted by Gasteiger charge is 2.22. The van der Waals surface area contributed by atoms with Crippen LogP contribution in [0.15, 0.2) is 53.1 Å². The minimum absolute atomic E-state index is 0.142. The second kappa shape index (κ2) is 8.50. The standard InChI is InChI=1S/C21H21NO7S/c1-26-18-11-14(12-19(27-2)21(18)28-3)20(23)15-10-13(17-6-5-9-29-17)7-8-16(15)22-30(4,24)25/h5-12,22H,1-4H3. The Bertz CT molecular complexity index is 1140. The summed E-state index contributed by atoms with van der Waals surface area (Å²) < 4.78 is 47.3. The van der Waals surface area contributed by atoms with Crippen LogP contribution in [0.2, 0.25) is 0 Å². The Hall–Kier alpha value is -3.46. The number of ether oxygens (including phenoxy) is 3. The van der Waals surface area contributed by atoms with Gasteiger partial charge in [-0.2, -0.15) is 0 Å². The number of carbonyl (C=O) groups excluding carboxylic acids is 1. The SMILES string of the molecule is COc1cc(C(=O)c2cc(-c3ccco3)ccc2NS(C)(=O)=O)cc(OC)c1OC. The Morgan fingerprint density at radius 1 is 0.967 bits per heavy atom. The molecule has 0 saturated heterocycles. The summed E-state index contributed by atoms with van der Waals surface area (Å²) >= 11 is 0. The second-order valence-corrected chi connectivity index (χ2v) is 8.10. The predicted molar refractivity (Wildman–Crippen MR) is 112 cm³/mol. The fourth-order valence-electron chi connectivity index (χ4n) is 2.98. The number of nitrogens with one attached hydrogen (secondary N) is 1. The van der Waals surface area contributed by atoms with Crippen molar-refractivity contribution in [1.29, 1.82) is 0 Å². The number of sulfonamides is 1. The van der Waals surface area contributed by atoms with Gasteiger partial charge < -0.3 is 18.6 Å².